The molecule has 4 nitrogen and oxygen atoms in total. The van der Waals surface area contributed by atoms with Gasteiger partial charge in [0.15, 0.2) is 5.01 Å². The van der Waals surface area contributed by atoms with Crippen molar-refractivity contribution < 1.29 is 0 Å². The molecule has 0 aliphatic heterocycles. The van der Waals surface area contributed by atoms with Crippen LogP contribution in [-0.4, -0.2) is 15.2 Å². The Balaban J connectivity index is 2.13. The number of hydrogen-bond acceptors (Lipinski definition) is 5. The molecule has 0 radical (unpaired) electrons. The minimum absolute atomic E-state index is 0.519. The first kappa shape index (κ1) is 12.7. The van der Waals surface area contributed by atoms with Crippen molar-refractivity contribution in [1.29, 1.82) is 0 Å². The van der Waals surface area contributed by atoms with Crippen LogP contribution in [0.1, 0.15) is 28.8 Å². The topological polar surface area (TPSA) is 64.7 Å². The summed E-state index contributed by atoms with van der Waals surface area (Å²) in [4.78, 5) is 4.88. The van der Waals surface area contributed by atoms with E-state index in [1.165, 1.54) is 44.7 Å². The molecule has 1 aliphatic carbocycles. The average Bonchev–Trinajstić information content (AvgIpc) is 3.06. The minimum atomic E-state index is 0.519. The second-order valence-electron chi connectivity index (χ2n) is 5.66. The molecule has 2 aromatic heterocycles. The van der Waals surface area contributed by atoms with Gasteiger partial charge in [-0.1, -0.05) is 11.3 Å². The summed E-state index contributed by atoms with van der Waals surface area (Å²) < 4.78 is 0. The zero-order valence-corrected chi connectivity index (χ0v) is 12.9. The number of hydrogen-bond donors (Lipinski definition) is 1. The molecule has 106 valence electrons. The fraction of sp³-hybridized carbons (Fsp3) is 0.312. The fourth-order valence-electron chi connectivity index (χ4n) is 3.10. The maximum absolute atomic E-state index is 5.79. The van der Waals surface area contributed by atoms with E-state index in [2.05, 4.69) is 36.2 Å². The summed E-state index contributed by atoms with van der Waals surface area (Å²) in [6.07, 6.45) is 3.29. The normalized spacial score (nSPS) is 13.8. The molecule has 3 aromatic rings. The van der Waals surface area contributed by atoms with E-state index in [1.54, 1.807) is 0 Å². The number of aromatic nitrogens is 3. The molecular formula is C16H16N4S. The molecule has 0 atom stereocenters. The third-order valence-corrected chi connectivity index (χ3v) is 5.05. The Morgan fingerprint density at radius 3 is 2.67 bits per heavy atom. The van der Waals surface area contributed by atoms with Gasteiger partial charge in [-0.25, -0.2) is 0 Å². The van der Waals surface area contributed by atoms with Crippen molar-refractivity contribution in [2.75, 3.05) is 5.73 Å². The largest absolute Gasteiger partial charge is 0.374 e. The summed E-state index contributed by atoms with van der Waals surface area (Å²) in [6, 6.07) is 4.40. The van der Waals surface area contributed by atoms with Crippen LogP contribution in [0.4, 0.5) is 5.13 Å². The minimum Gasteiger partial charge on any atom is -0.374 e. The zero-order chi connectivity index (χ0) is 14.6. The van der Waals surface area contributed by atoms with Crippen LogP contribution in [0.25, 0.3) is 21.5 Å². The number of rotatable bonds is 1. The molecule has 0 spiro atoms. The van der Waals surface area contributed by atoms with Gasteiger partial charge in [0, 0.05) is 16.6 Å². The number of aryl methyl sites for hydroxylation is 3. The van der Waals surface area contributed by atoms with E-state index in [4.69, 9.17) is 10.7 Å². The van der Waals surface area contributed by atoms with Crippen molar-refractivity contribution in [3.05, 3.63) is 34.5 Å². The number of pyridine rings is 1. The van der Waals surface area contributed by atoms with Crippen LogP contribution in [0, 0.1) is 13.8 Å². The van der Waals surface area contributed by atoms with Gasteiger partial charge < -0.3 is 5.73 Å². The third-order valence-electron chi connectivity index (χ3n) is 4.28. The molecule has 0 bridgehead atoms. The highest BCUT2D eigenvalue weighted by atomic mass is 32.1. The maximum Gasteiger partial charge on any atom is 0.203 e. The summed E-state index contributed by atoms with van der Waals surface area (Å²) in [6.45, 7) is 4.27. The Kier molecular flexibility index (Phi) is 2.72. The first-order valence-electron chi connectivity index (χ1n) is 7.15. The van der Waals surface area contributed by atoms with E-state index in [-0.39, 0.29) is 0 Å². The smallest absolute Gasteiger partial charge is 0.203 e. The first-order chi connectivity index (χ1) is 10.1. The van der Waals surface area contributed by atoms with Crippen LogP contribution < -0.4 is 5.73 Å². The quantitative estimate of drug-likeness (QED) is 0.747. The van der Waals surface area contributed by atoms with Gasteiger partial charge in [0.1, 0.15) is 0 Å². The zero-order valence-electron chi connectivity index (χ0n) is 12.1. The Hall–Kier alpha value is -2.01. The lowest BCUT2D eigenvalue weighted by molar-refractivity contribution is 0.901. The van der Waals surface area contributed by atoms with Crippen molar-refractivity contribution in [3.63, 3.8) is 0 Å². The number of nitrogens with two attached hydrogens (primary N) is 1. The molecule has 4 rings (SSSR count). The fourth-order valence-corrected chi connectivity index (χ4v) is 3.80. The molecule has 0 fully saturated rings. The Morgan fingerprint density at radius 1 is 1.10 bits per heavy atom. The number of nitrogens with zero attached hydrogens (tertiary/aromatic N) is 3. The van der Waals surface area contributed by atoms with Gasteiger partial charge in [0.25, 0.3) is 0 Å². The van der Waals surface area contributed by atoms with Gasteiger partial charge in [-0.3, -0.25) is 4.98 Å². The molecule has 1 aliphatic rings. The molecule has 0 saturated carbocycles. The SMILES string of the molecule is Cc1cc2nc3c(c(-c4nnc(N)s4)c2cc1C)CCC3. The molecular weight excluding hydrogens is 280 g/mol. The highest BCUT2D eigenvalue weighted by Gasteiger charge is 2.23. The standard InChI is InChI=1S/C16H16N4S/c1-8-6-11-13(7-9(8)2)18-12-5-3-4-10(12)14(11)15-19-20-16(17)21-15/h6-7H,3-5H2,1-2H3,(H2,17,20). The predicted molar refractivity (Wildman–Crippen MR) is 86.6 cm³/mol. The summed E-state index contributed by atoms with van der Waals surface area (Å²) in [5.41, 5.74) is 13.2. The van der Waals surface area contributed by atoms with E-state index in [1.807, 2.05) is 0 Å². The lowest BCUT2D eigenvalue weighted by atomic mass is 9.98. The second-order valence-corrected chi connectivity index (χ2v) is 6.67. The molecule has 0 amide bonds. The number of anilines is 1. The van der Waals surface area contributed by atoms with Crippen molar-refractivity contribution in [2.24, 2.45) is 0 Å². The van der Waals surface area contributed by atoms with Gasteiger partial charge in [0.05, 0.1) is 5.52 Å². The molecule has 5 heteroatoms. The van der Waals surface area contributed by atoms with Gasteiger partial charge in [0.2, 0.25) is 5.13 Å². The van der Waals surface area contributed by atoms with E-state index >= 15 is 0 Å². The lowest BCUT2D eigenvalue weighted by Gasteiger charge is -2.12. The van der Waals surface area contributed by atoms with Crippen LogP contribution in [0.2, 0.25) is 0 Å². The Bertz CT molecular complexity index is 866. The molecule has 1 aromatic carbocycles. The average molecular weight is 296 g/mol. The molecule has 21 heavy (non-hydrogen) atoms. The molecule has 0 saturated heterocycles. The van der Waals surface area contributed by atoms with Gasteiger partial charge in [-0.15, -0.1) is 10.2 Å². The molecule has 0 unspecified atom stereocenters. The summed E-state index contributed by atoms with van der Waals surface area (Å²) in [5.74, 6) is 0. The summed E-state index contributed by atoms with van der Waals surface area (Å²) in [5, 5.41) is 10.9. The van der Waals surface area contributed by atoms with Crippen molar-refractivity contribution in [3.8, 4) is 10.6 Å². The number of nitrogen functional groups attached to an aromatic ring is 1. The summed E-state index contributed by atoms with van der Waals surface area (Å²) >= 11 is 1.46. The van der Waals surface area contributed by atoms with Crippen LogP contribution >= 0.6 is 11.3 Å². The van der Waals surface area contributed by atoms with Gasteiger partial charge in [-0.05, 0) is 61.9 Å². The van der Waals surface area contributed by atoms with E-state index in [0.717, 1.165) is 29.8 Å². The Labute approximate surface area is 127 Å². The lowest BCUT2D eigenvalue weighted by Crippen LogP contribution is -1.97. The van der Waals surface area contributed by atoms with E-state index in [0.29, 0.717) is 5.13 Å². The third kappa shape index (κ3) is 1.92. The van der Waals surface area contributed by atoms with E-state index < -0.39 is 0 Å². The van der Waals surface area contributed by atoms with Crippen molar-refractivity contribution in [1.82, 2.24) is 15.2 Å². The monoisotopic (exact) mass is 296 g/mol. The summed E-state index contributed by atoms with van der Waals surface area (Å²) in [7, 11) is 0. The first-order valence-corrected chi connectivity index (χ1v) is 7.97. The van der Waals surface area contributed by atoms with Crippen molar-refractivity contribution in [2.45, 2.75) is 33.1 Å². The number of benzene rings is 1. The van der Waals surface area contributed by atoms with Crippen LogP contribution in [0.3, 0.4) is 0 Å². The van der Waals surface area contributed by atoms with Crippen molar-refractivity contribution >= 4 is 27.4 Å². The highest BCUT2D eigenvalue weighted by Crippen LogP contribution is 2.39. The van der Waals surface area contributed by atoms with E-state index in [9.17, 15) is 0 Å². The molecule has 2 heterocycles. The van der Waals surface area contributed by atoms with Crippen LogP contribution in [0.15, 0.2) is 12.1 Å². The van der Waals surface area contributed by atoms with Crippen LogP contribution in [0.5, 0.6) is 0 Å². The van der Waals surface area contributed by atoms with Crippen LogP contribution in [-0.2, 0) is 12.8 Å². The van der Waals surface area contributed by atoms with Gasteiger partial charge in [-0.2, -0.15) is 0 Å². The maximum atomic E-state index is 5.79. The van der Waals surface area contributed by atoms with Gasteiger partial charge >= 0.3 is 0 Å². The molecule has 2 N–H and O–H groups in total. The number of fused-ring (bicyclic) bond motifs is 2. The Morgan fingerprint density at radius 2 is 1.90 bits per heavy atom. The predicted octanol–water partition coefficient (Wildman–Crippen LogP) is 3.44. The highest BCUT2D eigenvalue weighted by molar-refractivity contribution is 7.18. The second kappa shape index (κ2) is 4.49.